The van der Waals surface area contributed by atoms with Crippen molar-refractivity contribution in [1.29, 1.82) is 0 Å². The third-order valence-electron chi connectivity index (χ3n) is 2.81. The van der Waals surface area contributed by atoms with Crippen LogP contribution in [0.1, 0.15) is 18.5 Å². The Hall–Kier alpha value is -1.51. The van der Waals surface area contributed by atoms with Crippen molar-refractivity contribution in [1.82, 2.24) is 0 Å². The van der Waals surface area contributed by atoms with Crippen molar-refractivity contribution >= 4 is 11.6 Å². The van der Waals surface area contributed by atoms with E-state index in [2.05, 4.69) is 0 Å². The molecule has 0 fully saturated rings. The maximum absolute atomic E-state index is 6.17. The van der Waals surface area contributed by atoms with Crippen LogP contribution in [0.25, 0.3) is 0 Å². The summed E-state index contributed by atoms with van der Waals surface area (Å²) in [5.41, 5.74) is 7.23. The van der Waals surface area contributed by atoms with Gasteiger partial charge in [-0.15, -0.1) is 0 Å². The van der Waals surface area contributed by atoms with Gasteiger partial charge < -0.3 is 10.5 Å². The van der Waals surface area contributed by atoms with Gasteiger partial charge >= 0.3 is 0 Å². The summed E-state index contributed by atoms with van der Waals surface area (Å²) < 4.78 is 5.80. The van der Waals surface area contributed by atoms with Gasteiger partial charge in [-0.1, -0.05) is 48.0 Å². The van der Waals surface area contributed by atoms with Gasteiger partial charge in [0.05, 0.1) is 6.04 Å². The third kappa shape index (κ3) is 3.25. The summed E-state index contributed by atoms with van der Waals surface area (Å²) in [7, 11) is 0. The zero-order valence-corrected chi connectivity index (χ0v) is 11.0. The minimum absolute atomic E-state index is 0.120. The molecule has 0 saturated carbocycles. The van der Waals surface area contributed by atoms with Gasteiger partial charge in [-0.3, -0.25) is 0 Å². The first-order valence-corrected chi connectivity index (χ1v) is 6.27. The summed E-state index contributed by atoms with van der Waals surface area (Å²) in [6.45, 7) is 1.96. The number of hydrogen-bond donors (Lipinski definition) is 1. The smallest absolute Gasteiger partial charge is 0.121 e. The molecule has 0 aromatic heterocycles. The molecular weight excluding hydrogens is 246 g/mol. The van der Waals surface area contributed by atoms with Gasteiger partial charge in [0.2, 0.25) is 0 Å². The Morgan fingerprint density at radius 2 is 1.78 bits per heavy atom. The maximum atomic E-state index is 6.17. The average molecular weight is 262 g/mol. The molecule has 0 saturated heterocycles. The molecule has 2 rings (SSSR count). The van der Waals surface area contributed by atoms with Crippen LogP contribution in [0.5, 0.6) is 5.75 Å². The van der Waals surface area contributed by atoms with E-state index < -0.39 is 0 Å². The summed E-state index contributed by atoms with van der Waals surface area (Å²) in [4.78, 5) is 0. The van der Waals surface area contributed by atoms with Gasteiger partial charge in [-0.25, -0.2) is 0 Å². The lowest BCUT2D eigenvalue weighted by Crippen LogP contribution is -2.28. The first kappa shape index (κ1) is 12.9. The second kappa shape index (κ2) is 5.89. The topological polar surface area (TPSA) is 35.2 Å². The lowest BCUT2D eigenvalue weighted by atomic mass is 10.0. The van der Waals surface area contributed by atoms with E-state index in [9.17, 15) is 0 Å². The Balaban J connectivity index is 2.06. The summed E-state index contributed by atoms with van der Waals surface area (Å²) in [5, 5.41) is 0.660. The van der Waals surface area contributed by atoms with Crippen molar-refractivity contribution < 1.29 is 4.74 Å². The Labute approximate surface area is 112 Å². The summed E-state index contributed by atoms with van der Waals surface area (Å²) in [6.07, 6.45) is -0.120. The fourth-order valence-corrected chi connectivity index (χ4v) is 1.95. The van der Waals surface area contributed by atoms with Crippen LogP contribution in [-0.4, -0.2) is 6.10 Å². The van der Waals surface area contributed by atoms with Gasteiger partial charge in [0.15, 0.2) is 0 Å². The van der Waals surface area contributed by atoms with Gasteiger partial charge in [-0.05, 0) is 30.7 Å². The molecule has 2 N–H and O–H groups in total. The fourth-order valence-electron chi connectivity index (χ4n) is 1.77. The zero-order chi connectivity index (χ0) is 13.0. The lowest BCUT2D eigenvalue weighted by molar-refractivity contribution is 0.190. The van der Waals surface area contributed by atoms with Crippen LogP contribution in [0.15, 0.2) is 54.6 Å². The Bertz CT molecular complexity index is 501. The highest BCUT2D eigenvalue weighted by molar-refractivity contribution is 6.30. The normalized spacial score (nSPS) is 13.9. The van der Waals surface area contributed by atoms with E-state index >= 15 is 0 Å². The number of hydrogen-bond acceptors (Lipinski definition) is 2. The predicted octanol–water partition coefficient (Wildman–Crippen LogP) is 3.81. The van der Waals surface area contributed by atoms with Crippen LogP contribution in [0.4, 0.5) is 0 Å². The molecule has 0 spiro atoms. The van der Waals surface area contributed by atoms with Crippen molar-refractivity contribution in [3.63, 3.8) is 0 Å². The number of nitrogens with two attached hydrogens (primary N) is 1. The van der Waals surface area contributed by atoms with Crippen molar-refractivity contribution in [2.45, 2.75) is 19.1 Å². The Morgan fingerprint density at radius 3 is 2.44 bits per heavy atom. The van der Waals surface area contributed by atoms with E-state index in [0.717, 1.165) is 11.3 Å². The highest BCUT2D eigenvalue weighted by Crippen LogP contribution is 2.22. The Kier molecular flexibility index (Phi) is 4.24. The molecule has 0 aliphatic carbocycles. The fraction of sp³-hybridized carbons (Fsp3) is 0.200. The van der Waals surface area contributed by atoms with Gasteiger partial charge in [0.1, 0.15) is 11.9 Å². The molecule has 3 heteroatoms. The van der Waals surface area contributed by atoms with E-state index in [1.165, 1.54) is 0 Å². The molecule has 18 heavy (non-hydrogen) atoms. The molecule has 0 heterocycles. The lowest BCUT2D eigenvalue weighted by Gasteiger charge is -2.21. The van der Waals surface area contributed by atoms with Crippen molar-refractivity contribution in [3.8, 4) is 5.75 Å². The minimum atomic E-state index is -0.162. The van der Waals surface area contributed by atoms with Crippen LogP contribution in [0.2, 0.25) is 5.02 Å². The molecule has 2 aromatic carbocycles. The minimum Gasteiger partial charge on any atom is -0.489 e. The van der Waals surface area contributed by atoms with E-state index in [-0.39, 0.29) is 12.1 Å². The number of benzene rings is 2. The molecule has 0 bridgehead atoms. The molecule has 2 atom stereocenters. The number of halogens is 1. The van der Waals surface area contributed by atoms with E-state index in [1.54, 1.807) is 6.07 Å². The molecule has 2 aromatic rings. The summed E-state index contributed by atoms with van der Waals surface area (Å²) in [6, 6.07) is 17.1. The molecule has 94 valence electrons. The van der Waals surface area contributed by atoms with Crippen molar-refractivity contribution in [2.75, 3.05) is 0 Å². The largest absolute Gasteiger partial charge is 0.489 e. The van der Waals surface area contributed by atoms with Crippen LogP contribution >= 0.6 is 11.6 Å². The number of ether oxygens (including phenoxy) is 1. The van der Waals surface area contributed by atoms with Gasteiger partial charge in [0, 0.05) is 5.02 Å². The monoisotopic (exact) mass is 261 g/mol. The van der Waals surface area contributed by atoms with Crippen molar-refractivity contribution in [3.05, 3.63) is 65.2 Å². The van der Waals surface area contributed by atoms with Gasteiger partial charge in [-0.2, -0.15) is 0 Å². The maximum Gasteiger partial charge on any atom is 0.121 e. The highest BCUT2D eigenvalue weighted by Gasteiger charge is 2.16. The predicted molar refractivity (Wildman–Crippen MR) is 74.9 cm³/mol. The van der Waals surface area contributed by atoms with E-state index in [4.69, 9.17) is 22.1 Å². The molecule has 0 aliphatic heterocycles. The molecule has 2 nitrogen and oxygen atoms in total. The first-order valence-electron chi connectivity index (χ1n) is 5.89. The molecule has 0 radical (unpaired) electrons. The molecule has 2 unspecified atom stereocenters. The SMILES string of the molecule is CC(Oc1cccc(Cl)c1)C(N)c1ccccc1. The summed E-state index contributed by atoms with van der Waals surface area (Å²) >= 11 is 5.91. The van der Waals surface area contributed by atoms with Crippen LogP contribution in [0, 0.1) is 0 Å². The first-order chi connectivity index (χ1) is 8.66. The Morgan fingerprint density at radius 1 is 1.06 bits per heavy atom. The van der Waals surface area contributed by atoms with Crippen LogP contribution in [-0.2, 0) is 0 Å². The van der Waals surface area contributed by atoms with Crippen LogP contribution < -0.4 is 10.5 Å². The van der Waals surface area contributed by atoms with Crippen molar-refractivity contribution in [2.24, 2.45) is 5.73 Å². The van der Waals surface area contributed by atoms with E-state index in [1.807, 2.05) is 55.5 Å². The third-order valence-corrected chi connectivity index (χ3v) is 3.04. The van der Waals surface area contributed by atoms with Crippen LogP contribution in [0.3, 0.4) is 0 Å². The second-order valence-electron chi connectivity index (χ2n) is 4.22. The quantitative estimate of drug-likeness (QED) is 0.908. The van der Waals surface area contributed by atoms with Gasteiger partial charge in [0.25, 0.3) is 0 Å². The van der Waals surface area contributed by atoms with E-state index in [0.29, 0.717) is 5.02 Å². The molecular formula is C15H16ClNO. The number of rotatable bonds is 4. The molecule has 0 aliphatic rings. The summed E-state index contributed by atoms with van der Waals surface area (Å²) in [5.74, 6) is 0.737. The average Bonchev–Trinajstić information content (AvgIpc) is 2.39. The second-order valence-corrected chi connectivity index (χ2v) is 4.65. The zero-order valence-electron chi connectivity index (χ0n) is 10.2. The molecule has 0 amide bonds. The standard InChI is InChI=1S/C15H16ClNO/c1-11(15(17)12-6-3-2-4-7-12)18-14-9-5-8-13(16)10-14/h2-11,15H,17H2,1H3. The highest BCUT2D eigenvalue weighted by atomic mass is 35.5.